The second-order valence-electron chi connectivity index (χ2n) is 4.26. The first-order chi connectivity index (χ1) is 8.95. The Labute approximate surface area is 122 Å². The molecule has 2 atom stereocenters. The van der Waals surface area contributed by atoms with Crippen LogP contribution in [0, 0.1) is 0 Å². The van der Waals surface area contributed by atoms with Gasteiger partial charge >= 0.3 is 0 Å². The predicted octanol–water partition coefficient (Wildman–Crippen LogP) is 2.54. The lowest BCUT2D eigenvalue weighted by atomic mass is 10.1. The van der Waals surface area contributed by atoms with E-state index >= 15 is 0 Å². The van der Waals surface area contributed by atoms with Crippen molar-refractivity contribution < 1.29 is 9.53 Å². The molecule has 1 aromatic carbocycles. The van der Waals surface area contributed by atoms with E-state index in [9.17, 15) is 4.79 Å². The molecule has 0 heterocycles. The molecule has 5 heteroatoms. The summed E-state index contributed by atoms with van der Waals surface area (Å²) >= 11 is 3.38. The molecule has 0 aromatic heterocycles. The monoisotopic (exact) mass is 326 g/mol. The Kier molecular flexibility index (Phi) is 6.05. The summed E-state index contributed by atoms with van der Waals surface area (Å²) in [5, 5.41) is 2.69. The van der Waals surface area contributed by atoms with E-state index in [4.69, 9.17) is 10.5 Å². The van der Waals surface area contributed by atoms with Crippen molar-refractivity contribution in [2.75, 3.05) is 6.54 Å². The molecule has 0 bridgehead atoms. The Morgan fingerprint density at radius 3 is 2.84 bits per heavy atom. The van der Waals surface area contributed by atoms with Gasteiger partial charge in [-0.25, -0.2) is 0 Å². The van der Waals surface area contributed by atoms with Crippen LogP contribution in [0.1, 0.15) is 25.5 Å². The molecule has 0 fully saturated rings. The number of hydrogen-bond donors (Lipinski definition) is 2. The van der Waals surface area contributed by atoms with Gasteiger partial charge in [0.2, 0.25) is 0 Å². The third-order valence-electron chi connectivity index (χ3n) is 2.56. The molecule has 0 saturated carbocycles. The lowest BCUT2D eigenvalue weighted by Crippen LogP contribution is -2.36. The Morgan fingerprint density at radius 2 is 2.26 bits per heavy atom. The van der Waals surface area contributed by atoms with E-state index < -0.39 is 6.10 Å². The van der Waals surface area contributed by atoms with E-state index in [1.807, 2.05) is 25.1 Å². The van der Waals surface area contributed by atoms with Crippen LogP contribution in [-0.4, -0.2) is 18.6 Å². The maximum absolute atomic E-state index is 11.7. The van der Waals surface area contributed by atoms with Gasteiger partial charge in [-0.15, -0.1) is 6.58 Å². The highest BCUT2D eigenvalue weighted by molar-refractivity contribution is 9.10. The van der Waals surface area contributed by atoms with Gasteiger partial charge < -0.3 is 15.8 Å². The quantitative estimate of drug-likeness (QED) is 0.789. The number of ether oxygens (including phenoxy) is 1. The third kappa shape index (κ3) is 4.69. The molecule has 4 nitrogen and oxygen atoms in total. The van der Waals surface area contributed by atoms with Crippen molar-refractivity contribution in [3.8, 4) is 5.75 Å². The maximum Gasteiger partial charge on any atom is 0.261 e. The first-order valence-corrected chi connectivity index (χ1v) is 6.85. The molecule has 104 valence electrons. The summed E-state index contributed by atoms with van der Waals surface area (Å²) in [6, 6.07) is 5.44. The minimum atomic E-state index is -0.591. The fourth-order valence-electron chi connectivity index (χ4n) is 1.55. The van der Waals surface area contributed by atoms with E-state index in [-0.39, 0.29) is 11.9 Å². The molecule has 0 aliphatic carbocycles. The van der Waals surface area contributed by atoms with Crippen molar-refractivity contribution in [1.29, 1.82) is 0 Å². The zero-order chi connectivity index (χ0) is 14.4. The standard InChI is InChI=1S/C14H19BrN2O2/c1-4-7-17-14(18)10(3)19-13-8-11(15)5-6-12(13)9(2)16/h4-6,8-10H,1,7,16H2,2-3H3,(H,17,18)/t9-,10?/m1/s1. The number of rotatable bonds is 6. The molecule has 1 aromatic rings. The van der Waals surface area contributed by atoms with Crippen molar-refractivity contribution in [2.24, 2.45) is 5.73 Å². The zero-order valence-corrected chi connectivity index (χ0v) is 12.7. The highest BCUT2D eigenvalue weighted by Crippen LogP contribution is 2.28. The molecule has 1 rings (SSSR count). The van der Waals surface area contributed by atoms with Crippen LogP contribution in [0.4, 0.5) is 0 Å². The molecule has 0 saturated heterocycles. The molecule has 3 N–H and O–H groups in total. The van der Waals surface area contributed by atoms with E-state index in [1.54, 1.807) is 13.0 Å². The smallest absolute Gasteiger partial charge is 0.261 e. The fraction of sp³-hybridized carbons (Fsp3) is 0.357. The maximum atomic E-state index is 11.7. The predicted molar refractivity (Wildman–Crippen MR) is 80.0 cm³/mol. The molecular weight excluding hydrogens is 308 g/mol. The molecule has 19 heavy (non-hydrogen) atoms. The van der Waals surface area contributed by atoms with Crippen molar-refractivity contribution in [3.05, 3.63) is 40.9 Å². The van der Waals surface area contributed by atoms with Crippen molar-refractivity contribution in [1.82, 2.24) is 5.32 Å². The lowest BCUT2D eigenvalue weighted by molar-refractivity contribution is -0.127. The second kappa shape index (κ2) is 7.31. The van der Waals surface area contributed by atoms with Gasteiger partial charge in [-0.05, 0) is 26.0 Å². The van der Waals surface area contributed by atoms with E-state index in [2.05, 4.69) is 27.8 Å². The number of nitrogens with two attached hydrogens (primary N) is 1. The number of amides is 1. The Balaban J connectivity index is 2.83. The minimum absolute atomic E-state index is 0.161. The molecule has 0 aliphatic rings. The number of halogens is 1. The normalized spacial score (nSPS) is 13.5. The van der Waals surface area contributed by atoms with Crippen molar-refractivity contribution >= 4 is 21.8 Å². The van der Waals surface area contributed by atoms with Gasteiger partial charge in [-0.2, -0.15) is 0 Å². The highest BCUT2D eigenvalue weighted by Gasteiger charge is 2.17. The topological polar surface area (TPSA) is 64.3 Å². The van der Waals surface area contributed by atoms with Crippen molar-refractivity contribution in [3.63, 3.8) is 0 Å². The average molecular weight is 327 g/mol. The van der Waals surface area contributed by atoms with E-state index in [0.717, 1.165) is 10.0 Å². The van der Waals surface area contributed by atoms with Crippen LogP contribution in [0.2, 0.25) is 0 Å². The van der Waals surface area contributed by atoms with Gasteiger partial charge in [-0.3, -0.25) is 4.79 Å². The van der Waals surface area contributed by atoms with Crippen molar-refractivity contribution in [2.45, 2.75) is 26.0 Å². The number of hydrogen-bond acceptors (Lipinski definition) is 3. The van der Waals surface area contributed by atoms with Crippen LogP contribution in [0.3, 0.4) is 0 Å². The van der Waals surface area contributed by atoms with Gasteiger partial charge in [0.05, 0.1) is 0 Å². The largest absolute Gasteiger partial charge is 0.481 e. The Morgan fingerprint density at radius 1 is 1.58 bits per heavy atom. The van der Waals surface area contributed by atoms with Gasteiger partial charge in [0, 0.05) is 22.6 Å². The first-order valence-electron chi connectivity index (χ1n) is 6.06. The minimum Gasteiger partial charge on any atom is -0.481 e. The Hall–Kier alpha value is -1.33. The summed E-state index contributed by atoms with van der Waals surface area (Å²) < 4.78 is 6.57. The summed E-state index contributed by atoms with van der Waals surface area (Å²) in [6.07, 6.45) is 1.03. The van der Waals surface area contributed by atoms with E-state index in [0.29, 0.717) is 12.3 Å². The summed E-state index contributed by atoms with van der Waals surface area (Å²) in [7, 11) is 0. The van der Waals surface area contributed by atoms with Gasteiger partial charge in [-0.1, -0.05) is 28.1 Å². The number of benzene rings is 1. The molecule has 1 unspecified atom stereocenters. The first kappa shape index (κ1) is 15.7. The lowest BCUT2D eigenvalue weighted by Gasteiger charge is -2.18. The molecule has 0 spiro atoms. The zero-order valence-electron chi connectivity index (χ0n) is 11.2. The van der Waals surface area contributed by atoms with Gasteiger partial charge in [0.15, 0.2) is 6.10 Å². The Bertz CT molecular complexity index is 461. The van der Waals surface area contributed by atoms with Gasteiger partial charge in [0.1, 0.15) is 5.75 Å². The molecular formula is C14H19BrN2O2. The van der Waals surface area contributed by atoms with Crippen LogP contribution in [0.5, 0.6) is 5.75 Å². The number of carbonyl (C=O) groups excluding carboxylic acids is 1. The average Bonchev–Trinajstić information content (AvgIpc) is 2.35. The van der Waals surface area contributed by atoms with Crippen LogP contribution in [0.15, 0.2) is 35.3 Å². The second-order valence-corrected chi connectivity index (χ2v) is 5.18. The summed E-state index contributed by atoms with van der Waals surface area (Å²) in [5.41, 5.74) is 6.75. The summed E-state index contributed by atoms with van der Waals surface area (Å²) in [5.74, 6) is 0.432. The molecule has 0 radical (unpaired) electrons. The number of carbonyl (C=O) groups is 1. The number of nitrogens with one attached hydrogen (secondary N) is 1. The molecule has 0 aliphatic heterocycles. The van der Waals surface area contributed by atoms with Crippen LogP contribution < -0.4 is 15.8 Å². The summed E-state index contributed by atoms with van der Waals surface area (Å²) in [4.78, 5) is 11.7. The van der Waals surface area contributed by atoms with Crippen LogP contribution in [-0.2, 0) is 4.79 Å². The van der Waals surface area contributed by atoms with Crippen LogP contribution in [0.25, 0.3) is 0 Å². The fourth-order valence-corrected chi connectivity index (χ4v) is 1.89. The van der Waals surface area contributed by atoms with E-state index in [1.165, 1.54) is 0 Å². The molecule has 1 amide bonds. The highest BCUT2D eigenvalue weighted by atomic mass is 79.9. The van der Waals surface area contributed by atoms with Gasteiger partial charge in [0.25, 0.3) is 5.91 Å². The summed E-state index contributed by atoms with van der Waals surface area (Å²) in [6.45, 7) is 7.54. The van der Waals surface area contributed by atoms with Crippen LogP contribution >= 0.6 is 15.9 Å². The SMILES string of the molecule is C=CCNC(=O)C(C)Oc1cc(Br)ccc1[C@@H](C)N. The third-order valence-corrected chi connectivity index (χ3v) is 3.05.